The van der Waals surface area contributed by atoms with Crippen LogP contribution < -0.4 is 0 Å². The summed E-state index contributed by atoms with van der Waals surface area (Å²) in [6.07, 6.45) is 8.17. The van der Waals surface area contributed by atoms with E-state index in [4.69, 9.17) is 0 Å². The van der Waals surface area contributed by atoms with Crippen molar-refractivity contribution in [3.63, 3.8) is 0 Å². The Morgan fingerprint density at radius 3 is 2.61 bits per heavy atom. The van der Waals surface area contributed by atoms with Gasteiger partial charge in [0, 0.05) is 0 Å². The number of fused-ring (bicyclic) bond motifs is 1. The van der Waals surface area contributed by atoms with E-state index < -0.39 is 0 Å². The fourth-order valence-electron chi connectivity index (χ4n) is 3.35. The molecule has 1 fully saturated rings. The molecule has 0 spiro atoms. The standard InChI is InChI=1S/C18H22/c1-2-14-9-6-10-16-11-12-17(13-18(14)16)15-7-4-3-5-8-15/h6,9-13,15H,2-5,7-8H2,1H3. The summed E-state index contributed by atoms with van der Waals surface area (Å²) in [6.45, 7) is 2.25. The summed E-state index contributed by atoms with van der Waals surface area (Å²) in [5.74, 6) is 0.813. The molecule has 0 unspecified atom stereocenters. The minimum absolute atomic E-state index is 0.813. The van der Waals surface area contributed by atoms with Crippen LogP contribution in [0.2, 0.25) is 0 Å². The third-order valence-electron chi connectivity index (χ3n) is 4.45. The van der Waals surface area contributed by atoms with Gasteiger partial charge in [-0.1, -0.05) is 62.6 Å². The lowest BCUT2D eigenvalue weighted by molar-refractivity contribution is 0.444. The molecule has 94 valence electrons. The molecule has 2 aromatic rings. The highest BCUT2D eigenvalue weighted by molar-refractivity contribution is 5.86. The molecule has 0 amide bonds. The van der Waals surface area contributed by atoms with Crippen LogP contribution >= 0.6 is 0 Å². The molecule has 0 N–H and O–H groups in total. The van der Waals surface area contributed by atoms with Crippen LogP contribution in [-0.2, 0) is 6.42 Å². The maximum atomic E-state index is 2.46. The second-order valence-corrected chi connectivity index (χ2v) is 5.59. The zero-order chi connectivity index (χ0) is 12.4. The number of benzene rings is 2. The number of aryl methyl sites for hydroxylation is 1. The molecule has 1 saturated carbocycles. The predicted octanol–water partition coefficient (Wildman–Crippen LogP) is 5.45. The quantitative estimate of drug-likeness (QED) is 0.652. The minimum Gasteiger partial charge on any atom is -0.0614 e. The average Bonchev–Trinajstić information content (AvgIpc) is 2.47. The molecule has 3 rings (SSSR count). The maximum Gasteiger partial charge on any atom is -0.0149 e. The van der Waals surface area contributed by atoms with Crippen LogP contribution in [0.3, 0.4) is 0 Å². The Balaban J connectivity index is 2.03. The van der Waals surface area contributed by atoms with Crippen LogP contribution in [0.15, 0.2) is 36.4 Å². The van der Waals surface area contributed by atoms with Gasteiger partial charge in [0.25, 0.3) is 0 Å². The largest absolute Gasteiger partial charge is 0.0614 e. The number of rotatable bonds is 2. The van der Waals surface area contributed by atoms with E-state index in [1.54, 1.807) is 5.56 Å². The van der Waals surface area contributed by atoms with Gasteiger partial charge in [-0.3, -0.25) is 0 Å². The van der Waals surface area contributed by atoms with Crippen molar-refractivity contribution in [1.29, 1.82) is 0 Å². The molecule has 0 nitrogen and oxygen atoms in total. The van der Waals surface area contributed by atoms with Crippen LogP contribution in [0.1, 0.15) is 56.1 Å². The third kappa shape index (κ3) is 2.16. The van der Waals surface area contributed by atoms with Crippen LogP contribution in [0.5, 0.6) is 0 Å². The molecule has 0 bridgehead atoms. The zero-order valence-electron chi connectivity index (χ0n) is 11.3. The van der Waals surface area contributed by atoms with Gasteiger partial charge in [0.1, 0.15) is 0 Å². The minimum atomic E-state index is 0.813. The average molecular weight is 238 g/mol. The molecule has 0 radical (unpaired) electrons. The zero-order valence-corrected chi connectivity index (χ0v) is 11.3. The van der Waals surface area contributed by atoms with Crippen molar-refractivity contribution in [2.75, 3.05) is 0 Å². The van der Waals surface area contributed by atoms with Gasteiger partial charge in [-0.15, -0.1) is 0 Å². The Labute approximate surface area is 110 Å². The third-order valence-corrected chi connectivity index (χ3v) is 4.45. The fourth-order valence-corrected chi connectivity index (χ4v) is 3.35. The van der Waals surface area contributed by atoms with E-state index in [0.717, 1.165) is 12.3 Å². The topological polar surface area (TPSA) is 0 Å². The van der Waals surface area contributed by atoms with Gasteiger partial charge in [0.2, 0.25) is 0 Å². The van der Waals surface area contributed by atoms with Gasteiger partial charge in [-0.2, -0.15) is 0 Å². The van der Waals surface area contributed by atoms with Crippen LogP contribution in [0, 0.1) is 0 Å². The number of hydrogen-bond donors (Lipinski definition) is 0. The Bertz CT molecular complexity index is 533. The summed E-state index contributed by atoms with van der Waals surface area (Å²) in [6, 6.07) is 13.8. The molecule has 1 aliphatic rings. The van der Waals surface area contributed by atoms with Crippen molar-refractivity contribution in [3.8, 4) is 0 Å². The predicted molar refractivity (Wildman–Crippen MR) is 79.2 cm³/mol. The maximum absolute atomic E-state index is 2.46. The van der Waals surface area contributed by atoms with Crippen LogP contribution in [-0.4, -0.2) is 0 Å². The molecule has 2 aromatic carbocycles. The van der Waals surface area contributed by atoms with Gasteiger partial charge in [-0.25, -0.2) is 0 Å². The van der Waals surface area contributed by atoms with Crippen molar-refractivity contribution in [2.45, 2.75) is 51.4 Å². The summed E-state index contributed by atoms with van der Waals surface area (Å²) >= 11 is 0. The van der Waals surface area contributed by atoms with Gasteiger partial charge in [-0.05, 0) is 47.1 Å². The Hall–Kier alpha value is -1.30. The van der Waals surface area contributed by atoms with Gasteiger partial charge in [0.05, 0.1) is 0 Å². The molecule has 0 heteroatoms. The number of hydrogen-bond acceptors (Lipinski definition) is 0. The highest BCUT2D eigenvalue weighted by Crippen LogP contribution is 2.34. The molecule has 0 saturated heterocycles. The molecule has 0 atom stereocenters. The van der Waals surface area contributed by atoms with Crippen molar-refractivity contribution in [3.05, 3.63) is 47.5 Å². The van der Waals surface area contributed by atoms with Crippen LogP contribution in [0.4, 0.5) is 0 Å². The monoisotopic (exact) mass is 238 g/mol. The first-order chi connectivity index (χ1) is 8.88. The molecule has 0 aliphatic heterocycles. The van der Waals surface area contributed by atoms with Crippen molar-refractivity contribution >= 4 is 10.8 Å². The summed E-state index contributed by atoms with van der Waals surface area (Å²) in [7, 11) is 0. The van der Waals surface area contributed by atoms with Gasteiger partial charge < -0.3 is 0 Å². The van der Waals surface area contributed by atoms with E-state index in [0.29, 0.717) is 0 Å². The molecule has 18 heavy (non-hydrogen) atoms. The summed E-state index contributed by atoms with van der Waals surface area (Å²) in [5.41, 5.74) is 3.06. The van der Waals surface area contributed by atoms with E-state index in [9.17, 15) is 0 Å². The van der Waals surface area contributed by atoms with Crippen molar-refractivity contribution in [1.82, 2.24) is 0 Å². The normalized spacial score (nSPS) is 17.2. The summed E-state index contributed by atoms with van der Waals surface area (Å²) < 4.78 is 0. The van der Waals surface area contributed by atoms with E-state index >= 15 is 0 Å². The lowest BCUT2D eigenvalue weighted by Crippen LogP contribution is -2.04. The Morgan fingerprint density at radius 2 is 1.83 bits per heavy atom. The first-order valence-corrected chi connectivity index (χ1v) is 7.40. The molecular formula is C18H22. The SMILES string of the molecule is CCc1cccc2ccc(C3CCCCC3)cc12. The lowest BCUT2D eigenvalue weighted by Gasteiger charge is -2.22. The van der Waals surface area contributed by atoms with E-state index in [-0.39, 0.29) is 0 Å². The van der Waals surface area contributed by atoms with Crippen molar-refractivity contribution < 1.29 is 0 Å². The Kier molecular flexibility index (Phi) is 3.36. The molecule has 1 aliphatic carbocycles. The fraction of sp³-hybridized carbons (Fsp3) is 0.444. The second kappa shape index (κ2) is 5.14. The molecule has 0 heterocycles. The van der Waals surface area contributed by atoms with Crippen molar-refractivity contribution in [2.24, 2.45) is 0 Å². The highest BCUT2D eigenvalue weighted by Gasteiger charge is 2.15. The van der Waals surface area contributed by atoms with Crippen LogP contribution in [0.25, 0.3) is 10.8 Å². The Morgan fingerprint density at radius 1 is 1.00 bits per heavy atom. The second-order valence-electron chi connectivity index (χ2n) is 5.59. The molecule has 0 aromatic heterocycles. The van der Waals surface area contributed by atoms with Gasteiger partial charge in [0.15, 0.2) is 0 Å². The first kappa shape index (κ1) is 11.8. The van der Waals surface area contributed by atoms with E-state index in [1.807, 2.05) is 0 Å². The van der Waals surface area contributed by atoms with E-state index in [1.165, 1.54) is 48.4 Å². The molecular weight excluding hydrogens is 216 g/mol. The van der Waals surface area contributed by atoms with Gasteiger partial charge >= 0.3 is 0 Å². The summed E-state index contributed by atoms with van der Waals surface area (Å²) in [5, 5.41) is 2.87. The lowest BCUT2D eigenvalue weighted by atomic mass is 9.83. The smallest absolute Gasteiger partial charge is 0.0149 e. The van der Waals surface area contributed by atoms with E-state index in [2.05, 4.69) is 43.3 Å². The highest BCUT2D eigenvalue weighted by atomic mass is 14.2. The summed E-state index contributed by atoms with van der Waals surface area (Å²) in [4.78, 5) is 0. The first-order valence-electron chi connectivity index (χ1n) is 7.40.